The Labute approximate surface area is 112 Å². The molecular weight excluding hydrogens is 242 g/mol. The van der Waals surface area contributed by atoms with E-state index in [2.05, 4.69) is 40.7 Å². The first-order valence-electron chi connectivity index (χ1n) is 6.12. The van der Waals surface area contributed by atoms with Crippen LogP contribution in [0.1, 0.15) is 18.4 Å². The molecule has 96 valence electrons. The van der Waals surface area contributed by atoms with Crippen LogP contribution in [0.2, 0.25) is 0 Å². The van der Waals surface area contributed by atoms with E-state index >= 15 is 0 Å². The normalized spacial score (nSPS) is 10.9. The molecule has 0 unspecified atom stereocenters. The van der Waals surface area contributed by atoms with Gasteiger partial charge in [0.25, 0.3) is 0 Å². The van der Waals surface area contributed by atoms with Gasteiger partial charge < -0.3 is 10.3 Å². The maximum absolute atomic E-state index is 5.69. The summed E-state index contributed by atoms with van der Waals surface area (Å²) in [6.45, 7) is 4.67. The highest BCUT2D eigenvalue weighted by Gasteiger charge is 2.11. The van der Waals surface area contributed by atoms with Crippen LogP contribution in [0, 0.1) is 6.92 Å². The third-order valence-electron chi connectivity index (χ3n) is 2.98. The van der Waals surface area contributed by atoms with Gasteiger partial charge in [-0.05, 0) is 24.8 Å². The molecule has 0 aliphatic carbocycles. The summed E-state index contributed by atoms with van der Waals surface area (Å²) in [6, 6.07) is 8.64. The second-order valence-corrected chi connectivity index (χ2v) is 5.52. The smallest absolute Gasteiger partial charge is 0.122 e. The first kappa shape index (κ1) is 13.2. The van der Waals surface area contributed by atoms with E-state index in [1.165, 1.54) is 10.5 Å². The Balaban J connectivity index is 2.39. The minimum Gasteiger partial charge on any atom is -0.330 e. The number of hydrogen-bond acceptors (Lipinski definition) is 3. The minimum absolute atomic E-state index is 0.473. The van der Waals surface area contributed by atoms with Crippen molar-refractivity contribution in [2.75, 3.05) is 5.75 Å². The third-order valence-corrected chi connectivity index (χ3v) is 3.88. The maximum atomic E-state index is 5.69. The van der Waals surface area contributed by atoms with E-state index in [-0.39, 0.29) is 0 Å². The van der Waals surface area contributed by atoms with Gasteiger partial charge in [-0.2, -0.15) is 0 Å². The number of rotatable bonds is 4. The van der Waals surface area contributed by atoms with Crippen molar-refractivity contribution >= 4 is 11.8 Å². The van der Waals surface area contributed by atoms with Crippen LogP contribution >= 0.6 is 11.8 Å². The Bertz CT molecular complexity index is 529. The summed E-state index contributed by atoms with van der Waals surface area (Å²) in [5, 5.41) is 0. The van der Waals surface area contributed by atoms with Crippen molar-refractivity contribution in [2.24, 2.45) is 12.8 Å². The van der Waals surface area contributed by atoms with Gasteiger partial charge in [-0.25, -0.2) is 4.98 Å². The predicted octanol–water partition coefficient (Wildman–Crippen LogP) is 2.97. The largest absolute Gasteiger partial charge is 0.330 e. The van der Waals surface area contributed by atoms with Crippen LogP contribution in [0.4, 0.5) is 0 Å². The van der Waals surface area contributed by atoms with Crippen LogP contribution in [0.15, 0.2) is 29.2 Å². The Morgan fingerprint density at radius 3 is 2.44 bits per heavy atom. The van der Waals surface area contributed by atoms with E-state index in [1.807, 2.05) is 25.7 Å². The van der Waals surface area contributed by atoms with Crippen LogP contribution in [0.3, 0.4) is 0 Å². The number of imidazole rings is 1. The lowest BCUT2D eigenvalue weighted by Gasteiger charge is -2.07. The van der Waals surface area contributed by atoms with Gasteiger partial charge in [-0.1, -0.05) is 19.1 Å². The Kier molecular flexibility index (Phi) is 4.09. The summed E-state index contributed by atoms with van der Waals surface area (Å²) in [5.74, 6) is 2.02. The van der Waals surface area contributed by atoms with Crippen molar-refractivity contribution in [3.63, 3.8) is 0 Å². The summed E-state index contributed by atoms with van der Waals surface area (Å²) in [6.07, 6.45) is 0. The summed E-state index contributed by atoms with van der Waals surface area (Å²) in [7, 11) is 2.02. The molecule has 0 bridgehead atoms. The highest BCUT2D eigenvalue weighted by Crippen LogP contribution is 2.26. The summed E-state index contributed by atoms with van der Waals surface area (Å²) in [4.78, 5) is 5.80. The van der Waals surface area contributed by atoms with E-state index in [0.717, 1.165) is 23.0 Å². The van der Waals surface area contributed by atoms with Crippen molar-refractivity contribution in [3.05, 3.63) is 35.8 Å². The molecule has 0 aliphatic heterocycles. The van der Waals surface area contributed by atoms with Gasteiger partial charge in [0.1, 0.15) is 5.82 Å². The molecule has 18 heavy (non-hydrogen) atoms. The SMILES string of the molecule is CCSc1ccc(-c2c(C)nc(CN)n2C)cc1. The molecule has 2 aromatic rings. The Morgan fingerprint density at radius 1 is 1.28 bits per heavy atom. The first-order valence-corrected chi connectivity index (χ1v) is 7.11. The van der Waals surface area contributed by atoms with Gasteiger partial charge >= 0.3 is 0 Å². The molecule has 0 spiro atoms. The molecule has 2 N–H and O–H groups in total. The number of hydrogen-bond donors (Lipinski definition) is 1. The standard InChI is InChI=1S/C14H19N3S/c1-4-18-12-7-5-11(6-8-12)14-10(2)16-13(9-15)17(14)3/h5-8H,4,9,15H2,1-3H3. The second kappa shape index (κ2) is 5.59. The first-order chi connectivity index (χ1) is 8.67. The summed E-state index contributed by atoms with van der Waals surface area (Å²) < 4.78 is 2.08. The van der Waals surface area contributed by atoms with E-state index in [0.29, 0.717) is 6.54 Å². The fourth-order valence-corrected chi connectivity index (χ4v) is 2.82. The molecule has 0 radical (unpaired) electrons. The molecule has 0 saturated carbocycles. The average molecular weight is 261 g/mol. The van der Waals surface area contributed by atoms with Crippen LogP contribution < -0.4 is 5.73 Å². The lowest BCUT2D eigenvalue weighted by Crippen LogP contribution is -2.05. The van der Waals surface area contributed by atoms with Crippen molar-refractivity contribution in [1.29, 1.82) is 0 Å². The van der Waals surface area contributed by atoms with Crippen LogP contribution in [0.25, 0.3) is 11.3 Å². The van der Waals surface area contributed by atoms with E-state index < -0.39 is 0 Å². The predicted molar refractivity (Wildman–Crippen MR) is 77.7 cm³/mol. The van der Waals surface area contributed by atoms with Crippen LogP contribution in [0.5, 0.6) is 0 Å². The Hall–Kier alpha value is -1.26. The number of aromatic nitrogens is 2. The lowest BCUT2D eigenvalue weighted by molar-refractivity contribution is 0.798. The third kappa shape index (κ3) is 2.44. The average Bonchev–Trinajstić information content (AvgIpc) is 2.66. The molecule has 0 aliphatic rings. The number of nitrogens with two attached hydrogens (primary N) is 1. The molecule has 0 saturated heterocycles. The molecule has 1 heterocycles. The molecule has 0 fully saturated rings. The molecule has 1 aromatic carbocycles. The second-order valence-electron chi connectivity index (χ2n) is 4.18. The van der Waals surface area contributed by atoms with Crippen molar-refractivity contribution in [3.8, 4) is 11.3 Å². The zero-order valence-electron chi connectivity index (χ0n) is 11.1. The highest BCUT2D eigenvalue weighted by atomic mass is 32.2. The van der Waals surface area contributed by atoms with Gasteiger partial charge in [0.15, 0.2) is 0 Å². The fraction of sp³-hybridized carbons (Fsp3) is 0.357. The van der Waals surface area contributed by atoms with Crippen molar-refractivity contribution < 1.29 is 0 Å². The molecule has 4 heteroatoms. The minimum atomic E-state index is 0.473. The van der Waals surface area contributed by atoms with Crippen LogP contribution in [-0.4, -0.2) is 15.3 Å². The fourth-order valence-electron chi connectivity index (χ4n) is 2.15. The Morgan fingerprint density at radius 2 is 1.94 bits per heavy atom. The van der Waals surface area contributed by atoms with Gasteiger partial charge in [0.2, 0.25) is 0 Å². The number of thioether (sulfide) groups is 1. The number of aryl methyl sites for hydroxylation is 1. The molecule has 1 aromatic heterocycles. The molecular formula is C14H19N3S. The van der Waals surface area contributed by atoms with E-state index in [9.17, 15) is 0 Å². The van der Waals surface area contributed by atoms with Crippen molar-refractivity contribution in [1.82, 2.24) is 9.55 Å². The van der Waals surface area contributed by atoms with E-state index in [1.54, 1.807) is 0 Å². The van der Waals surface area contributed by atoms with Crippen LogP contribution in [-0.2, 0) is 13.6 Å². The summed E-state index contributed by atoms with van der Waals surface area (Å²) in [5.41, 5.74) is 9.08. The van der Waals surface area contributed by atoms with Crippen molar-refractivity contribution in [2.45, 2.75) is 25.3 Å². The maximum Gasteiger partial charge on any atom is 0.122 e. The van der Waals surface area contributed by atoms with Gasteiger partial charge in [-0.15, -0.1) is 11.8 Å². The highest BCUT2D eigenvalue weighted by molar-refractivity contribution is 7.99. The monoisotopic (exact) mass is 261 g/mol. The van der Waals surface area contributed by atoms with E-state index in [4.69, 9.17) is 5.73 Å². The molecule has 2 rings (SSSR count). The molecule has 0 amide bonds. The number of nitrogens with zero attached hydrogens (tertiary/aromatic N) is 2. The van der Waals surface area contributed by atoms with Gasteiger partial charge in [-0.3, -0.25) is 0 Å². The quantitative estimate of drug-likeness (QED) is 0.861. The molecule has 0 atom stereocenters. The zero-order valence-corrected chi connectivity index (χ0v) is 11.9. The zero-order chi connectivity index (χ0) is 13.1. The van der Waals surface area contributed by atoms with Gasteiger partial charge in [0, 0.05) is 17.5 Å². The lowest BCUT2D eigenvalue weighted by atomic mass is 10.1. The molecule has 3 nitrogen and oxygen atoms in total. The summed E-state index contributed by atoms with van der Waals surface area (Å²) >= 11 is 1.85. The topological polar surface area (TPSA) is 43.8 Å². The number of benzene rings is 1. The van der Waals surface area contributed by atoms with Gasteiger partial charge in [0.05, 0.1) is 17.9 Å².